The molecule has 9 heteroatoms. The van der Waals surface area contributed by atoms with Crippen molar-refractivity contribution in [1.29, 1.82) is 0 Å². The van der Waals surface area contributed by atoms with E-state index < -0.39 is 35.9 Å². The Bertz CT molecular complexity index is 772. The predicted octanol–water partition coefficient (Wildman–Crippen LogP) is 3.49. The highest BCUT2D eigenvalue weighted by Crippen LogP contribution is 2.36. The van der Waals surface area contributed by atoms with Crippen LogP contribution in [0.3, 0.4) is 0 Å². The third-order valence-corrected chi connectivity index (χ3v) is 3.28. The number of aryl methyl sites for hydroxylation is 1. The predicted molar refractivity (Wildman–Crippen MR) is 80.8 cm³/mol. The number of ether oxygens (including phenoxy) is 1. The number of hydrogen-bond acceptors (Lipinski definition) is 3. The van der Waals surface area contributed by atoms with Crippen molar-refractivity contribution < 1.29 is 27.5 Å². The van der Waals surface area contributed by atoms with Gasteiger partial charge in [-0.05, 0) is 30.3 Å². The largest absolute Gasteiger partial charge is 0.451 e. The summed E-state index contributed by atoms with van der Waals surface area (Å²) in [6.45, 7) is -0.718. The number of halogens is 4. The molecule has 1 aromatic carbocycles. The molecule has 1 N–H and O–H groups in total. The van der Waals surface area contributed by atoms with Crippen LogP contribution >= 0.6 is 11.6 Å². The van der Waals surface area contributed by atoms with Crippen LogP contribution in [-0.4, -0.2) is 23.1 Å². The van der Waals surface area contributed by atoms with E-state index in [0.29, 0.717) is 6.07 Å². The number of carbonyl (C=O) groups excluding carboxylic acids is 2. The first kappa shape index (κ1) is 17.9. The molecular weight excluding hydrogens is 349 g/mol. The number of anilines is 1. The van der Waals surface area contributed by atoms with Crippen LogP contribution in [0.4, 0.5) is 18.9 Å². The lowest BCUT2D eigenvalue weighted by Crippen LogP contribution is -2.23. The average molecular weight is 361 g/mol. The molecule has 0 fully saturated rings. The second kappa shape index (κ2) is 6.96. The minimum Gasteiger partial charge on any atom is -0.451 e. The van der Waals surface area contributed by atoms with Crippen LogP contribution in [0, 0.1) is 0 Å². The lowest BCUT2D eigenvalue weighted by molar-refractivity contribution is -0.137. The van der Waals surface area contributed by atoms with Gasteiger partial charge >= 0.3 is 12.1 Å². The van der Waals surface area contributed by atoms with Gasteiger partial charge in [0, 0.05) is 18.3 Å². The molecular formula is C15H12ClF3N2O3. The second-order valence-corrected chi connectivity index (χ2v) is 5.25. The smallest absolute Gasteiger partial charge is 0.418 e. The monoisotopic (exact) mass is 360 g/mol. The molecule has 1 aromatic heterocycles. The van der Waals surface area contributed by atoms with Crippen molar-refractivity contribution >= 4 is 29.2 Å². The molecule has 0 spiro atoms. The van der Waals surface area contributed by atoms with Crippen LogP contribution in [0.2, 0.25) is 5.02 Å². The molecule has 24 heavy (non-hydrogen) atoms. The molecule has 0 saturated carbocycles. The van der Waals surface area contributed by atoms with Crippen molar-refractivity contribution in [2.45, 2.75) is 6.18 Å². The summed E-state index contributed by atoms with van der Waals surface area (Å²) in [5, 5.41) is 1.94. The Labute approximate surface area is 140 Å². The Morgan fingerprint density at radius 3 is 2.58 bits per heavy atom. The first-order chi connectivity index (χ1) is 11.2. The quantitative estimate of drug-likeness (QED) is 0.849. The number of esters is 1. The fourth-order valence-corrected chi connectivity index (χ4v) is 2.10. The number of carbonyl (C=O) groups is 2. The van der Waals surface area contributed by atoms with E-state index in [1.807, 2.05) is 0 Å². The molecule has 1 amide bonds. The molecule has 0 atom stereocenters. The van der Waals surface area contributed by atoms with Crippen LogP contribution in [-0.2, 0) is 22.8 Å². The number of aromatic nitrogens is 1. The second-order valence-electron chi connectivity index (χ2n) is 4.82. The number of hydrogen-bond donors (Lipinski definition) is 1. The first-order valence-corrected chi connectivity index (χ1v) is 7.01. The summed E-state index contributed by atoms with van der Waals surface area (Å²) in [5.74, 6) is -1.66. The van der Waals surface area contributed by atoms with E-state index in [1.54, 1.807) is 19.3 Å². The molecule has 0 radical (unpaired) electrons. The summed E-state index contributed by atoms with van der Waals surface area (Å²) in [6.07, 6.45) is -3.08. The molecule has 0 bridgehead atoms. The normalized spacial score (nSPS) is 11.2. The van der Waals surface area contributed by atoms with E-state index in [4.69, 9.17) is 16.3 Å². The van der Waals surface area contributed by atoms with Crippen LogP contribution in [0.1, 0.15) is 16.1 Å². The summed E-state index contributed by atoms with van der Waals surface area (Å²) < 4.78 is 45.0. The van der Waals surface area contributed by atoms with Crippen LogP contribution in [0.25, 0.3) is 0 Å². The molecule has 0 aliphatic heterocycles. The van der Waals surface area contributed by atoms with E-state index >= 15 is 0 Å². The molecule has 0 aliphatic rings. The number of amides is 1. The van der Waals surface area contributed by atoms with E-state index in [-0.39, 0.29) is 10.7 Å². The Morgan fingerprint density at radius 2 is 2.00 bits per heavy atom. The minimum absolute atomic E-state index is 0.115. The van der Waals surface area contributed by atoms with Gasteiger partial charge in [0.25, 0.3) is 5.91 Å². The number of benzene rings is 1. The van der Waals surface area contributed by atoms with Gasteiger partial charge in [0.05, 0.1) is 11.3 Å². The Balaban J connectivity index is 2.03. The molecule has 1 heterocycles. The van der Waals surface area contributed by atoms with Crippen LogP contribution in [0.5, 0.6) is 0 Å². The van der Waals surface area contributed by atoms with Gasteiger partial charge in [0.15, 0.2) is 6.61 Å². The fourth-order valence-electron chi connectivity index (χ4n) is 1.92. The van der Waals surface area contributed by atoms with Gasteiger partial charge in [0.1, 0.15) is 5.69 Å². The van der Waals surface area contributed by atoms with Crippen molar-refractivity contribution in [3.63, 3.8) is 0 Å². The molecule has 0 unspecified atom stereocenters. The summed E-state index contributed by atoms with van der Waals surface area (Å²) in [4.78, 5) is 23.5. The Morgan fingerprint density at radius 1 is 1.29 bits per heavy atom. The molecule has 128 valence electrons. The maximum atomic E-state index is 12.9. The minimum atomic E-state index is -4.69. The highest BCUT2D eigenvalue weighted by atomic mass is 35.5. The van der Waals surface area contributed by atoms with Gasteiger partial charge in [-0.25, -0.2) is 4.79 Å². The standard InChI is InChI=1S/C15H12ClF3N2O3/c1-21-6-2-3-12(21)14(23)24-8-13(22)20-11-5-4-9(16)7-10(11)15(17,18)19/h2-7H,8H2,1H3,(H,20,22). The SMILES string of the molecule is Cn1cccc1C(=O)OCC(=O)Nc1ccc(Cl)cc1C(F)(F)F. The lowest BCUT2D eigenvalue weighted by atomic mass is 10.1. The first-order valence-electron chi connectivity index (χ1n) is 6.63. The maximum absolute atomic E-state index is 12.9. The van der Waals surface area contributed by atoms with Crippen molar-refractivity contribution in [3.05, 3.63) is 52.8 Å². The topological polar surface area (TPSA) is 60.3 Å². The van der Waals surface area contributed by atoms with Gasteiger partial charge < -0.3 is 14.6 Å². The summed E-state index contributed by atoms with van der Waals surface area (Å²) in [6, 6.07) is 6.04. The van der Waals surface area contributed by atoms with Gasteiger partial charge in [-0.1, -0.05) is 11.6 Å². The number of nitrogens with zero attached hydrogens (tertiary/aromatic N) is 1. The molecule has 0 saturated heterocycles. The Kier molecular flexibility index (Phi) is 5.18. The summed E-state index contributed by atoms with van der Waals surface area (Å²) in [5.41, 5.74) is -1.34. The average Bonchev–Trinajstić information content (AvgIpc) is 2.92. The van der Waals surface area contributed by atoms with Gasteiger partial charge in [-0.3, -0.25) is 4.79 Å². The highest BCUT2D eigenvalue weighted by molar-refractivity contribution is 6.30. The van der Waals surface area contributed by atoms with E-state index in [9.17, 15) is 22.8 Å². The zero-order valence-corrected chi connectivity index (χ0v) is 13.1. The van der Waals surface area contributed by atoms with Crippen molar-refractivity contribution in [2.75, 3.05) is 11.9 Å². The van der Waals surface area contributed by atoms with Crippen LogP contribution < -0.4 is 5.32 Å². The Hall–Kier alpha value is -2.48. The number of rotatable bonds is 4. The number of nitrogens with one attached hydrogen (secondary N) is 1. The van der Waals surface area contributed by atoms with Crippen LogP contribution in [0.15, 0.2) is 36.5 Å². The highest BCUT2D eigenvalue weighted by Gasteiger charge is 2.34. The zero-order valence-electron chi connectivity index (χ0n) is 12.4. The summed E-state index contributed by atoms with van der Waals surface area (Å²) >= 11 is 5.55. The van der Waals surface area contributed by atoms with E-state index in [2.05, 4.69) is 5.32 Å². The molecule has 2 rings (SSSR count). The number of alkyl halides is 3. The third kappa shape index (κ3) is 4.29. The van der Waals surface area contributed by atoms with E-state index in [1.165, 1.54) is 16.7 Å². The third-order valence-electron chi connectivity index (χ3n) is 3.05. The maximum Gasteiger partial charge on any atom is 0.418 e. The molecule has 0 aliphatic carbocycles. The van der Waals surface area contributed by atoms with Gasteiger partial charge in [0.2, 0.25) is 0 Å². The lowest BCUT2D eigenvalue weighted by Gasteiger charge is -2.14. The van der Waals surface area contributed by atoms with Crippen molar-refractivity contribution in [2.24, 2.45) is 7.05 Å². The zero-order chi connectivity index (χ0) is 17.9. The fraction of sp³-hybridized carbons (Fsp3) is 0.200. The van der Waals surface area contributed by atoms with Crippen molar-refractivity contribution in [3.8, 4) is 0 Å². The van der Waals surface area contributed by atoms with Gasteiger partial charge in [-0.2, -0.15) is 13.2 Å². The molecule has 2 aromatic rings. The van der Waals surface area contributed by atoms with Gasteiger partial charge in [-0.15, -0.1) is 0 Å². The molecule has 5 nitrogen and oxygen atoms in total. The van der Waals surface area contributed by atoms with E-state index in [0.717, 1.165) is 6.07 Å². The van der Waals surface area contributed by atoms with Crippen molar-refractivity contribution in [1.82, 2.24) is 4.57 Å². The summed E-state index contributed by atoms with van der Waals surface area (Å²) in [7, 11) is 1.61.